The van der Waals surface area contributed by atoms with Crippen molar-refractivity contribution in [2.75, 3.05) is 0 Å². The molecule has 1 heterocycles. The highest BCUT2D eigenvalue weighted by atomic mass is 19.4. The van der Waals surface area contributed by atoms with Crippen molar-refractivity contribution in [3.05, 3.63) is 0 Å². The van der Waals surface area contributed by atoms with Crippen LogP contribution in [0.5, 0.6) is 0 Å². The van der Waals surface area contributed by atoms with Crippen molar-refractivity contribution >= 4 is 0 Å². The molecule has 0 aliphatic carbocycles. The third kappa shape index (κ3) is 2.40. The fourth-order valence-electron chi connectivity index (χ4n) is 1.21. The van der Waals surface area contributed by atoms with Crippen molar-refractivity contribution in [2.24, 2.45) is 0 Å². The van der Waals surface area contributed by atoms with Crippen LogP contribution in [0.1, 0.15) is 0 Å². The summed E-state index contributed by atoms with van der Waals surface area (Å²) in [5.41, 5.74) is 0. The monoisotopic (exact) mass is 382 g/mol. The predicted molar refractivity (Wildman–Crippen MR) is 36.8 cm³/mol. The van der Waals surface area contributed by atoms with Gasteiger partial charge in [0.2, 0.25) is 0 Å². The van der Waals surface area contributed by atoms with Crippen LogP contribution in [0.2, 0.25) is 0 Å². The molecule has 138 valence electrons. The summed E-state index contributed by atoms with van der Waals surface area (Å²) in [5.74, 6) is -22.8. The first-order valence-corrected chi connectivity index (χ1v) is 4.71. The maximum absolute atomic E-state index is 13.4. The molecule has 1 atom stereocenters. The lowest BCUT2D eigenvalue weighted by Gasteiger charge is -2.47. The first-order chi connectivity index (χ1) is 9.66. The third-order valence-electron chi connectivity index (χ3n) is 2.39. The largest absolute Gasteiger partial charge is 0.460 e. The van der Waals surface area contributed by atoms with Crippen LogP contribution in [0.3, 0.4) is 0 Å². The fraction of sp³-hybridized carbons (Fsp3) is 1.00. The molecule has 1 aliphatic rings. The van der Waals surface area contributed by atoms with Crippen LogP contribution >= 0.6 is 0 Å². The van der Waals surface area contributed by atoms with Crippen LogP contribution in [0, 0.1) is 0 Å². The van der Waals surface area contributed by atoms with Crippen molar-refractivity contribution in [3.8, 4) is 0 Å². The summed E-state index contributed by atoms with van der Waals surface area (Å²) in [6, 6.07) is 0. The molecule has 0 aromatic heterocycles. The van der Waals surface area contributed by atoms with E-state index in [2.05, 4.69) is 0 Å². The molecule has 0 bridgehead atoms. The van der Waals surface area contributed by atoms with Gasteiger partial charge in [0.05, 0.1) is 0 Å². The Kier molecular flexibility index (Phi) is 3.92. The Morgan fingerprint density at radius 3 is 1.22 bits per heavy atom. The zero-order valence-corrected chi connectivity index (χ0v) is 9.61. The minimum absolute atomic E-state index is 1.68. The van der Waals surface area contributed by atoms with Gasteiger partial charge in [0.15, 0.2) is 0 Å². The summed E-state index contributed by atoms with van der Waals surface area (Å²) in [7, 11) is 0. The van der Waals surface area contributed by atoms with Crippen molar-refractivity contribution in [1.29, 1.82) is 0 Å². The third-order valence-corrected chi connectivity index (χ3v) is 2.39. The van der Waals surface area contributed by atoms with E-state index in [9.17, 15) is 61.5 Å². The van der Waals surface area contributed by atoms with Gasteiger partial charge < -0.3 is 0 Å². The molecule has 0 aromatic carbocycles. The number of halogens is 14. The van der Waals surface area contributed by atoms with Gasteiger partial charge >= 0.3 is 42.2 Å². The Labute approximate surface area is 114 Å². The summed E-state index contributed by atoms with van der Waals surface area (Å²) in [4.78, 5) is 0. The first-order valence-electron chi connectivity index (χ1n) is 4.71. The number of hydrogen-bond acceptors (Lipinski definition) is 2. The van der Waals surface area contributed by atoms with Gasteiger partial charge in [-0.3, -0.25) is 4.74 Å². The second kappa shape index (κ2) is 4.52. The first kappa shape index (κ1) is 20.0. The minimum atomic E-state index is -7.79. The van der Waals surface area contributed by atoms with Gasteiger partial charge in [-0.2, -0.15) is 61.5 Å². The fourth-order valence-corrected chi connectivity index (χ4v) is 1.21. The maximum atomic E-state index is 13.4. The molecular formula is C7F14O2. The van der Waals surface area contributed by atoms with Gasteiger partial charge in [0.1, 0.15) is 0 Å². The molecule has 1 aliphatic heterocycles. The lowest BCUT2D eigenvalue weighted by atomic mass is 10.0. The molecule has 0 N–H and O–H groups in total. The minimum Gasteiger partial charge on any atom is -0.263 e. The quantitative estimate of drug-likeness (QED) is 0.663. The van der Waals surface area contributed by atoms with E-state index in [1.165, 1.54) is 0 Å². The van der Waals surface area contributed by atoms with Crippen molar-refractivity contribution in [3.63, 3.8) is 0 Å². The molecule has 0 spiro atoms. The zero-order chi connectivity index (χ0) is 18.9. The molecule has 1 fully saturated rings. The van der Waals surface area contributed by atoms with Gasteiger partial charge in [-0.1, -0.05) is 0 Å². The van der Waals surface area contributed by atoms with Crippen LogP contribution in [0.15, 0.2) is 0 Å². The summed E-state index contributed by atoms with van der Waals surface area (Å²) < 4.78 is 178. The van der Waals surface area contributed by atoms with E-state index in [1.807, 2.05) is 0 Å². The molecule has 16 heteroatoms. The maximum Gasteiger partial charge on any atom is 0.460 e. The highest BCUT2D eigenvalue weighted by Gasteiger charge is 2.93. The number of rotatable bonds is 2. The van der Waals surface area contributed by atoms with E-state index in [0.717, 1.165) is 0 Å². The predicted octanol–water partition coefficient (Wildman–Crippen LogP) is 4.31. The molecule has 2 nitrogen and oxygen atoms in total. The Morgan fingerprint density at radius 2 is 0.870 bits per heavy atom. The Morgan fingerprint density at radius 1 is 0.522 bits per heavy atom. The Bertz CT molecular complexity index is 480. The molecule has 1 rings (SSSR count). The topological polar surface area (TPSA) is 18.5 Å². The van der Waals surface area contributed by atoms with Gasteiger partial charge in [-0.05, 0) is 0 Å². The van der Waals surface area contributed by atoms with Crippen LogP contribution in [-0.4, -0.2) is 42.2 Å². The van der Waals surface area contributed by atoms with Crippen LogP contribution < -0.4 is 0 Å². The highest BCUT2D eigenvalue weighted by molar-refractivity contribution is 5.07. The summed E-state index contributed by atoms with van der Waals surface area (Å²) in [6.07, 6.45) is -27.7. The summed E-state index contributed by atoms with van der Waals surface area (Å²) in [6.45, 7) is 0. The normalized spacial score (nSPS) is 31.0. The van der Waals surface area contributed by atoms with E-state index in [4.69, 9.17) is 0 Å². The SMILES string of the molecule is FC(F)(F)C(F)(F)C(F)(F)C1(F)OC(F)(F)C(F)(F)OC1(F)F. The van der Waals surface area contributed by atoms with Crippen molar-refractivity contribution in [1.82, 2.24) is 0 Å². The molecule has 0 aromatic rings. The van der Waals surface area contributed by atoms with E-state index in [0.29, 0.717) is 0 Å². The lowest BCUT2D eigenvalue weighted by Crippen LogP contribution is -2.76. The highest BCUT2D eigenvalue weighted by Crippen LogP contribution is 2.62. The molecule has 0 amide bonds. The van der Waals surface area contributed by atoms with Gasteiger partial charge in [-0.15, -0.1) is 0 Å². The van der Waals surface area contributed by atoms with E-state index in [1.54, 1.807) is 9.47 Å². The molecule has 0 radical (unpaired) electrons. The molecule has 23 heavy (non-hydrogen) atoms. The molecule has 0 saturated carbocycles. The second-order valence-corrected chi connectivity index (χ2v) is 4.00. The average molecular weight is 382 g/mol. The van der Waals surface area contributed by atoms with E-state index in [-0.39, 0.29) is 0 Å². The number of alkyl halides is 14. The smallest absolute Gasteiger partial charge is 0.263 e. The summed E-state index contributed by atoms with van der Waals surface area (Å²) in [5, 5.41) is 0. The van der Waals surface area contributed by atoms with Crippen molar-refractivity contribution in [2.45, 2.75) is 42.2 Å². The van der Waals surface area contributed by atoms with Crippen LogP contribution in [-0.2, 0) is 9.47 Å². The lowest BCUT2D eigenvalue weighted by molar-refractivity contribution is -0.617. The van der Waals surface area contributed by atoms with Crippen LogP contribution in [0.4, 0.5) is 61.5 Å². The second-order valence-electron chi connectivity index (χ2n) is 4.00. The average Bonchev–Trinajstić information content (AvgIpc) is 2.22. The number of ether oxygens (including phenoxy) is 2. The van der Waals surface area contributed by atoms with Gasteiger partial charge in [0, 0.05) is 0 Å². The molecule has 1 unspecified atom stereocenters. The number of hydrogen-bond donors (Lipinski definition) is 0. The Balaban J connectivity index is 3.55. The van der Waals surface area contributed by atoms with Gasteiger partial charge in [0.25, 0.3) is 0 Å². The standard InChI is InChI=1S/C7F14O2/c8-1(9,2(10,11)4(13,14)15)3(12)5(16,17)23-7(20,21)6(18,19)22-3. The summed E-state index contributed by atoms with van der Waals surface area (Å²) >= 11 is 0. The van der Waals surface area contributed by atoms with Crippen LogP contribution in [0.25, 0.3) is 0 Å². The Hall–Kier alpha value is -1.06. The van der Waals surface area contributed by atoms with Crippen molar-refractivity contribution < 1.29 is 70.9 Å². The molecular weight excluding hydrogens is 382 g/mol. The molecule has 1 saturated heterocycles. The van der Waals surface area contributed by atoms with E-state index >= 15 is 0 Å². The zero-order valence-electron chi connectivity index (χ0n) is 9.61. The van der Waals surface area contributed by atoms with E-state index < -0.39 is 42.2 Å². The van der Waals surface area contributed by atoms with Gasteiger partial charge in [-0.25, -0.2) is 4.74 Å².